The summed E-state index contributed by atoms with van der Waals surface area (Å²) in [6, 6.07) is 5.28. The van der Waals surface area contributed by atoms with Gasteiger partial charge in [0.1, 0.15) is 17.7 Å². The molecule has 1 aromatic rings. The van der Waals surface area contributed by atoms with Crippen LogP contribution in [-0.2, 0) is 0 Å². The van der Waals surface area contributed by atoms with Crippen molar-refractivity contribution >= 4 is 15.9 Å². The van der Waals surface area contributed by atoms with E-state index in [1.165, 1.54) is 6.07 Å². The molecule has 0 heterocycles. The van der Waals surface area contributed by atoms with Crippen molar-refractivity contribution in [1.29, 1.82) is 0 Å². The highest BCUT2D eigenvalue weighted by atomic mass is 79.9. The Balaban J connectivity index is 2.01. The van der Waals surface area contributed by atoms with Crippen molar-refractivity contribution in [3.05, 3.63) is 28.5 Å². The van der Waals surface area contributed by atoms with Gasteiger partial charge in [-0.2, -0.15) is 0 Å². The fourth-order valence-electron chi connectivity index (χ4n) is 2.39. The first-order chi connectivity index (χ1) is 8.45. The first-order valence-corrected chi connectivity index (χ1v) is 7.09. The third-order valence-corrected chi connectivity index (χ3v) is 4.41. The minimum absolute atomic E-state index is 0.108. The van der Waals surface area contributed by atoms with Crippen LogP contribution in [0.2, 0.25) is 0 Å². The van der Waals surface area contributed by atoms with Crippen LogP contribution in [0.4, 0.5) is 4.39 Å². The largest absolute Gasteiger partial charge is 0.490 e. The molecule has 1 aliphatic rings. The SMILES string of the molecule is CCNC1CC(Oc2ccc(F)c(Br)c2)C1(C)C. The number of ether oxygens (including phenoxy) is 1. The maximum absolute atomic E-state index is 13.1. The Morgan fingerprint density at radius 2 is 2.22 bits per heavy atom. The third-order valence-electron chi connectivity index (χ3n) is 3.80. The third kappa shape index (κ3) is 2.54. The molecule has 2 nitrogen and oxygen atoms in total. The van der Waals surface area contributed by atoms with Gasteiger partial charge >= 0.3 is 0 Å². The summed E-state index contributed by atoms with van der Waals surface area (Å²) in [5.74, 6) is 0.456. The molecule has 1 aliphatic carbocycles. The van der Waals surface area contributed by atoms with Crippen LogP contribution in [0.25, 0.3) is 0 Å². The molecule has 0 amide bonds. The van der Waals surface area contributed by atoms with Crippen LogP contribution in [0.15, 0.2) is 22.7 Å². The van der Waals surface area contributed by atoms with Gasteiger partial charge in [0.2, 0.25) is 0 Å². The zero-order chi connectivity index (χ0) is 13.3. The molecule has 18 heavy (non-hydrogen) atoms. The zero-order valence-corrected chi connectivity index (χ0v) is 12.6. The van der Waals surface area contributed by atoms with E-state index in [1.54, 1.807) is 12.1 Å². The van der Waals surface area contributed by atoms with Crippen molar-refractivity contribution in [2.24, 2.45) is 5.41 Å². The molecule has 4 heteroatoms. The van der Waals surface area contributed by atoms with Crippen LogP contribution >= 0.6 is 15.9 Å². The molecule has 2 rings (SSSR count). The van der Waals surface area contributed by atoms with E-state index in [9.17, 15) is 4.39 Å². The molecule has 0 spiro atoms. The quantitative estimate of drug-likeness (QED) is 0.913. The van der Waals surface area contributed by atoms with E-state index in [2.05, 4.69) is 42.0 Å². The molecular formula is C14H19BrFNO. The lowest BCUT2D eigenvalue weighted by molar-refractivity contribution is -0.0541. The maximum Gasteiger partial charge on any atom is 0.137 e. The van der Waals surface area contributed by atoms with E-state index < -0.39 is 0 Å². The maximum atomic E-state index is 13.1. The van der Waals surface area contributed by atoms with Gasteiger partial charge in [0.25, 0.3) is 0 Å². The van der Waals surface area contributed by atoms with E-state index in [1.807, 2.05) is 0 Å². The molecule has 0 saturated heterocycles. The molecule has 0 aromatic heterocycles. The second kappa shape index (κ2) is 5.17. The Morgan fingerprint density at radius 1 is 1.50 bits per heavy atom. The number of nitrogens with one attached hydrogen (secondary N) is 1. The van der Waals surface area contributed by atoms with Crippen molar-refractivity contribution in [1.82, 2.24) is 5.32 Å². The first-order valence-electron chi connectivity index (χ1n) is 6.30. The highest BCUT2D eigenvalue weighted by Gasteiger charge is 2.49. The van der Waals surface area contributed by atoms with Crippen molar-refractivity contribution in [2.75, 3.05) is 6.54 Å². The van der Waals surface area contributed by atoms with E-state index in [-0.39, 0.29) is 17.3 Å². The average Bonchev–Trinajstić information content (AvgIpc) is 2.32. The van der Waals surface area contributed by atoms with Gasteiger partial charge in [0.05, 0.1) is 4.47 Å². The fraction of sp³-hybridized carbons (Fsp3) is 0.571. The van der Waals surface area contributed by atoms with Crippen LogP contribution in [0.5, 0.6) is 5.75 Å². The summed E-state index contributed by atoms with van der Waals surface area (Å²) in [5.41, 5.74) is 0.108. The van der Waals surface area contributed by atoms with Gasteiger partial charge in [-0.05, 0) is 40.7 Å². The van der Waals surface area contributed by atoms with Crippen molar-refractivity contribution in [3.63, 3.8) is 0 Å². The van der Waals surface area contributed by atoms with Crippen molar-refractivity contribution < 1.29 is 9.13 Å². The minimum Gasteiger partial charge on any atom is -0.490 e. The number of benzene rings is 1. The second-order valence-corrected chi connectivity index (χ2v) is 6.20. The summed E-state index contributed by atoms with van der Waals surface area (Å²) in [6.07, 6.45) is 1.18. The predicted octanol–water partition coefficient (Wildman–Crippen LogP) is 3.74. The highest BCUT2D eigenvalue weighted by molar-refractivity contribution is 9.10. The molecule has 1 N–H and O–H groups in total. The zero-order valence-electron chi connectivity index (χ0n) is 11.0. The van der Waals surface area contributed by atoms with Gasteiger partial charge in [-0.25, -0.2) is 4.39 Å². The van der Waals surface area contributed by atoms with Crippen LogP contribution in [0.1, 0.15) is 27.2 Å². The Morgan fingerprint density at radius 3 is 2.78 bits per heavy atom. The summed E-state index contributed by atoms with van der Waals surface area (Å²) in [4.78, 5) is 0. The molecule has 2 atom stereocenters. The summed E-state index contributed by atoms with van der Waals surface area (Å²) in [6.45, 7) is 7.49. The second-order valence-electron chi connectivity index (χ2n) is 5.35. The summed E-state index contributed by atoms with van der Waals surface area (Å²) < 4.78 is 19.5. The van der Waals surface area contributed by atoms with Gasteiger partial charge in [-0.1, -0.05) is 20.8 Å². The molecule has 1 fully saturated rings. The van der Waals surface area contributed by atoms with Crippen molar-refractivity contribution in [3.8, 4) is 5.75 Å². The fourth-order valence-corrected chi connectivity index (χ4v) is 2.75. The van der Waals surface area contributed by atoms with Gasteiger partial charge in [0, 0.05) is 17.9 Å². The molecule has 0 radical (unpaired) electrons. The van der Waals surface area contributed by atoms with Crippen LogP contribution in [0.3, 0.4) is 0 Å². The monoisotopic (exact) mass is 315 g/mol. The molecule has 0 aliphatic heterocycles. The summed E-state index contributed by atoms with van der Waals surface area (Å²) in [7, 11) is 0. The van der Waals surface area contributed by atoms with E-state index >= 15 is 0 Å². The lowest BCUT2D eigenvalue weighted by Crippen LogP contribution is -2.62. The Kier molecular flexibility index (Phi) is 3.97. The molecule has 2 unspecified atom stereocenters. The smallest absolute Gasteiger partial charge is 0.137 e. The highest BCUT2D eigenvalue weighted by Crippen LogP contribution is 2.43. The van der Waals surface area contributed by atoms with Crippen LogP contribution in [0, 0.1) is 11.2 Å². The van der Waals surface area contributed by atoms with Crippen LogP contribution in [-0.4, -0.2) is 18.7 Å². The van der Waals surface area contributed by atoms with E-state index in [4.69, 9.17) is 4.74 Å². The molecule has 1 saturated carbocycles. The molecule has 100 valence electrons. The van der Waals surface area contributed by atoms with E-state index in [0.717, 1.165) is 18.7 Å². The number of hydrogen-bond donors (Lipinski definition) is 1. The first kappa shape index (κ1) is 13.8. The van der Waals surface area contributed by atoms with Gasteiger partial charge in [-0.3, -0.25) is 0 Å². The summed E-state index contributed by atoms with van der Waals surface area (Å²) in [5, 5.41) is 3.46. The molecular weight excluding hydrogens is 297 g/mol. The van der Waals surface area contributed by atoms with Gasteiger partial charge < -0.3 is 10.1 Å². The lowest BCUT2D eigenvalue weighted by atomic mass is 9.64. The van der Waals surface area contributed by atoms with Crippen LogP contribution < -0.4 is 10.1 Å². The van der Waals surface area contributed by atoms with Crippen molar-refractivity contribution in [2.45, 2.75) is 39.3 Å². The Bertz CT molecular complexity index is 436. The number of hydrogen-bond acceptors (Lipinski definition) is 2. The predicted molar refractivity (Wildman–Crippen MR) is 74.4 cm³/mol. The Hall–Kier alpha value is -0.610. The standard InChI is InChI=1S/C14H19BrFNO/c1-4-17-12-8-13(14(12,2)3)18-9-5-6-11(16)10(15)7-9/h5-7,12-13,17H,4,8H2,1-3H3. The molecule has 0 bridgehead atoms. The summed E-state index contributed by atoms with van der Waals surface area (Å²) >= 11 is 3.17. The normalized spacial score (nSPS) is 25.6. The minimum atomic E-state index is -0.263. The Labute approximate surface area is 116 Å². The topological polar surface area (TPSA) is 21.3 Å². The molecule has 1 aromatic carbocycles. The number of halogens is 2. The van der Waals surface area contributed by atoms with Gasteiger partial charge in [0.15, 0.2) is 0 Å². The average molecular weight is 316 g/mol. The lowest BCUT2D eigenvalue weighted by Gasteiger charge is -2.51. The van der Waals surface area contributed by atoms with Gasteiger partial charge in [-0.15, -0.1) is 0 Å². The van der Waals surface area contributed by atoms with E-state index in [0.29, 0.717) is 10.5 Å². The number of rotatable bonds is 4.